The Morgan fingerprint density at radius 2 is 2.15 bits per heavy atom. The van der Waals surface area contributed by atoms with Crippen molar-refractivity contribution in [1.29, 1.82) is 0 Å². The number of anilines is 1. The lowest BCUT2D eigenvalue weighted by Gasteiger charge is -2.11. The van der Waals surface area contributed by atoms with Gasteiger partial charge in [-0.1, -0.05) is 29.8 Å². The van der Waals surface area contributed by atoms with Crippen LogP contribution in [-0.2, 0) is 13.0 Å². The van der Waals surface area contributed by atoms with E-state index in [-0.39, 0.29) is 0 Å². The number of hydrogen-bond donors (Lipinski definition) is 1. The predicted molar refractivity (Wildman–Crippen MR) is 83.8 cm³/mol. The first-order valence-electron chi connectivity index (χ1n) is 6.91. The molecule has 2 aromatic rings. The van der Waals surface area contributed by atoms with Crippen molar-refractivity contribution in [3.05, 3.63) is 58.1 Å². The zero-order valence-corrected chi connectivity index (χ0v) is 12.5. The summed E-state index contributed by atoms with van der Waals surface area (Å²) in [6.45, 7) is 4.93. The van der Waals surface area contributed by atoms with Gasteiger partial charge in [-0.2, -0.15) is 0 Å². The summed E-state index contributed by atoms with van der Waals surface area (Å²) < 4.78 is 5.72. The maximum atomic E-state index is 6.13. The summed E-state index contributed by atoms with van der Waals surface area (Å²) in [4.78, 5) is 0. The van der Waals surface area contributed by atoms with Gasteiger partial charge in [0.1, 0.15) is 11.9 Å². The van der Waals surface area contributed by atoms with E-state index in [0.717, 1.165) is 35.0 Å². The first-order chi connectivity index (χ1) is 9.63. The fraction of sp³-hybridized carbons (Fsp3) is 0.294. The number of fused-ring (bicyclic) bond motifs is 1. The lowest BCUT2D eigenvalue weighted by Crippen LogP contribution is -2.05. The number of ether oxygens (including phenoxy) is 1. The minimum Gasteiger partial charge on any atom is -0.490 e. The Morgan fingerprint density at radius 3 is 3.00 bits per heavy atom. The maximum Gasteiger partial charge on any atom is 0.123 e. The van der Waals surface area contributed by atoms with Crippen molar-refractivity contribution in [2.45, 2.75) is 32.9 Å². The van der Waals surface area contributed by atoms with Crippen LogP contribution in [0, 0.1) is 6.92 Å². The highest BCUT2D eigenvalue weighted by Gasteiger charge is 2.18. The van der Waals surface area contributed by atoms with Crippen molar-refractivity contribution in [2.75, 3.05) is 5.32 Å². The monoisotopic (exact) mass is 287 g/mol. The van der Waals surface area contributed by atoms with Gasteiger partial charge in [-0.05, 0) is 48.7 Å². The van der Waals surface area contributed by atoms with Gasteiger partial charge in [0.2, 0.25) is 0 Å². The molecule has 1 aliphatic rings. The molecule has 1 N–H and O–H groups in total. The molecule has 0 saturated carbocycles. The third-order valence-electron chi connectivity index (χ3n) is 3.71. The highest BCUT2D eigenvalue weighted by Crippen LogP contribution is 2.30. The normalized spacial score (nSPS) is 16.6. The van der Waals surface area contributed by atoms with Crippen molar-refractivity contribution >= 4 is 17.3 Å². The SMILES string of the molecule is Cc1c(Cl)cccc1NCc1ccc2c(c1)C[C@@H](C)O2. The number of halogens is 1. The van der Waals surface area contributed by atoms with Gasteiger partial charge >= 0.3 is 0 Å². The van der Waals surface area contributed by atoms with Gasteiger partial charge < -0.3 is 10.1 Å². The Kier molecular flexibility index (Phi) is 3.58. The zero-order valence-electron chi connectivity index (χ0n) is 11.7. The second-order valence-corrected chi connectivity index (χ2v) is 5.75. The molecule has 0 radical (unpaired) electrons. The molecule has 0 aromatic heterocycles. The van der Waals surface area contributed by atoms with Gasteiger partial charge in [0, 0.05) is 23.7 Å². The van der Waals surface area contributed by atoms with Crippen LogP contribution in [-0.4, -0.2) is 6.10 Å². The highest BCUT2D eigenvalue weighted by molar-refractivity contribution is 6.31. The average molecular weight is 288 g/mol. The molecule has 0 aliphatic carbocycles. The Morgan fingerprint density at radius 1 is 1.30 bits per heavy atom. The second-order valence-electron chi connectivity index (χ2n) is 5.34. The Hall–Kier alpha value is -1.67. The molecule has 2 nitrogen and oxygen atoms in total. The van der Waals surface area contributed by atoms with E-state index >= 15 is 0 Å². The summed E-state index contributed by atoms with van der Waals surface area (Å²) in [6.07, 6.45) is 1.29. The van der Waals surface area contributed by atoms with Crippen LogP contribution in [0.15, 0.2) is 36.4 Å². The van der Waals surface area contributed by atoms with Crippen LogP contribution >= 0.6 is 11.6 Å². The van der Waals surface area contributed by atoms with E-state index in [1.165, 1.54) is 11.1 Å². The molecule has 0 spiro atoms. The summed E-state index contributed by atoms with van der Waals surface area (Å²) in [5.41, 5.74) is 4.75. The first kappa shape index (κ1) is 13.3. The third-order valence-corrected chi connectivity index (χ3v) is 4.12. The Labute approximate surface area is 124 Å². The molecule has 0 bridgehead atoms. The van der Waals surface area contributed by atoms with Gasteiger partial charge in [-0.25, -0.2) is 0 Å². The van der Waals surface area contributed by atoms with Crippen molar-refractivity contribution in [1.82, 2.24) is 0 Å². The van der Waals surface area contributed by atoms with Gasteiger partial charge in [0.05, 0.1) is 0 Å². The fourth-order valence-electron chi connectivity index (χ4n) is 2.58. The molecule has 1 aliphatic heterocycles. The molecule has 20 heavy (non-hydrogen) atoms. The van der Waals surface area contributed by atoms with E-state index in [1.807, 2.05) is 19.1 Å². The van der Waals surface area contributed by atoms with E-state index in [2.05, 4.69) is 36.5 Å². The fourth-order valence-corrected chi connectivity index (χ4v) is 2.76. The Bertz CT molecular complexity index is 639. The van der Waals surface area contributed by atoms with E-state index in [1.54, 1.807) is 0 Å². The molecule has 0 fully saturated rings. The van der Waals surface area contributed by atoms with E-state index in [9.17, 15) is 0 Å². The predicted octanol–water partition coefficient (Wildman–Crippen LogP) is 4.58. The third kappa shape index (κ3) is 2.61. The number of hydrogen-bond acceptors (Lipinski definition) is 2. The lowest BCUT2D eigenvalue weighted by molar-refractivity contribution is 0.254. The van der Waals surface area contributed by atoms with Crippen LogP contribution in [0.4, 0.5) is 5.69 Å². The molecule has 1 atom stereocenters. The summed E-state index contributed by atoms with van der Waals surface area (Å²) in [5, 5.41) is 4.24. The van der Waals surface area contributed by atoms with Crippen molar-refractivity contribution in [2.24, 2.45) is 0 Å². The molecule has 0 unspecified atom stereocenters. The van der Waals surface area contributed by atoms with Gasteiger partial charge in [-0.3, -0.25) is 0 Å². The number of nitrogens with one attached hydrogen (secondary N) is 1. The topological polar surface area (TPSA) is 21.3 Å². The lowest BCUT2D eigenvalue weighted by atomic mass is 10.1. The molecule has 104 valence electrons. The smallest absolute Gasteiger partial charge is 0.123 e. The van der Waals surface area contributed by atoms with Crippen LogP contribution in [0.3, 0.4) is 0 Å². The summed E-state index contributed by atoms with van der Waals surface area (Å²) >= 11 is 6.13. The standard InChI is InChI=1S/C17H18ClNO/c1-11-8-14-9-13(6-7-17(14)20-11)10-19-16-5-3-4-15(18)12(16)2/h3-7,9,11,19H,8,10H2,1-2H3/t11-/m1/s1. The average Bonchev–Trinajstić information content (AvgIpc) is 2.79. The minimum absolute atomic E-state index is 0.295. The molecular weight excluding hydrogens is 270 g/mol. The molecule has 2 aromatic carbocycles. The molecule has 3 heteroatoms. The summed E-state index contributed by atoms with van der Waals surface area (Å²) in [5.74, 6) is 1.03. The Balaban J connectivity index is 1.73. The number of rotatable bonds is 3. The maximum absolute atomic E-state index is 6.13. The molecule has 0 amide bonds. The van der Waals surface area contributed by atoms with Crippen LogP contribution in [0.5, 0.6) is 5.75 Å². The van der Waals surface area contributed by atoms with Gasteiger partial charge in [0.25, 0.3) is 0 Å². The van der Waals surface area contributed by atoms with Crippen molar-refractivity contribution in [3.8, 4) is 5.75 Å². The first-order valence-corrected chi connectivity index (χ1v) is 7.29. The summed E-state index contributed by atoms with van der Waals surface area (Å²) in [6, 6.07) is 12.3. The molecule has 0 saturated heterocycles. The number of benzene rings is 2. The van der Waals surface area contributed by atoms with Crippen molar-refractivity contribution in [3.63, 3.8) is 0 Å². The van der Waals surface area contributed by atoms with Gasteiger partial charge in [0.15, 0.2) is 0 Å². The minimum atomic E-state index is 0.295. The molecule has 1 heterocycles. The quantitative estimate of drug-likeness (QED) is 0.892. The van der Waals surface area contributed by atoms with Crippen LogP contribution in [0.25, 0.3) is 0 Å². The summed E-state index contributed by atoms with van der Waals surface area (Å²) in [7, 11) is 0. The molecular formula is C17H18ClNO. The van der Waals surface area contributed by atoms with E-state index in [4.69, 9.17) is 16.3 Å². The van der Waals surface area contributed by atoms with Crippen LogP contribution in [0.2, 0.25) is 5.02 Å². The van der Waals surface area contributed by atoms with Crippen molar-refractivity contribution < 1.29 is 4.74 Å². The van der Waals surface area contributed by atoms with E-state index in [0.29, 0.717) is 6.10 Å². The largest absolute Gasteiger partial charge is 0.490 e. The zero-order chi connectivity index (χ0) is 14.1. The second kappa shape index (κ2) is 5.37. The van der Waals surface area contributed by atoms with Crippen LogP contribution < -0.4 is 10.1 Å². The molecule has 3 rings (SSSR count). The highest BCUT2D eigenvalue weighted by atomic mass is 35.5. The van der Waals surface area contributed by atoms with Gasteiger partial charge in [-0.15, -0.1) is 0 Å². The van der Waals surface area contributed by atoms with E-state index < -0.39 is 0 Å². The van der Waals surface area contributed by atoms with Crippen LogP contribution in [0.1, 0.15) is 23.6 Å².